The van der Waals surface area contributed by atoms with Gasteiger partial charge in [0.25, 0.3) is 0 Å². The monoisotopic (exact) mass is 385 g/mol. The standard InChI is InChI=1S/C20H37NO4.C2H6/c1-8-24-17(22)13-16(14-19(2,3)4)15-9-11-21(12-10-15)18(23)25-20(5,6)7;1-2/h15-16H,8-14H2,1-7H3;1-2H3. The van der Waals surface area contributed by atoms with Crippen LogP contribution in [0.4, 0.5) is 4.79 Å². The molecule has 1 amide bonds. The number of rotatable bonds is 5. The topological polar surface area (TPSA) is 55.8 Å². The highest BCUT2D eigenvalue weighted by Crippen LogP contribution is 2.36. The van der Waals surface area contributed by atoms with E-state index in [1.165, 1.54) is 0 Å². The Hall–Kier alpha value is -1.26. The fraction of sp³-hybridized carbons (Fsp3) is 0.909. The van der Waals surface area contributed by atoms with Crippen molar-refractivity contribution >= 4 is 12.1 Å². The molecule has 0 N–H and O–H groups in total. The molecule has 1 aliphatic rings. The molecule has 0 saturated carbocycles. The zero-order chi connectivity index (χ0) is 21.3. The summed E-state index contributed by atoms with van der Waals surface area (Å²) in [5.74, 6) is 0.647. The van der Waals surface area contributed by atoms with Gasteiger partial charge in [0.1, 0.15) is 5.60 Å². The quantitative estimate of drug-likeness (QED) is 0.573. The Bertz CT molecular complexity index is 440. The average molecular weight is 386 g/mol. The smallest absolute Gasteiger partial charge is 0.410 e. The van der Waals surface area contributed by atoms with Gasteiger partial charge in [0.15, 0.2) is 0 Å². The number of amides is 1. The maximum absolute atomic E-state index is 12.2. The molecule has 1 aliphatic heterocycles. The third-order valence-corrected chi connectivity index (χ3v) is 4.47. The van der Waals surface area contributed by atoms with Gasteiger partial charge in [-0.1, -0.05) is 34.6 Å². The van der Waals surface area contributed by atoms with Crippen LogP contribution in [-0.2, 0) is 14.3 Å². The average Bonchev–Trinajstić information content (AvgIpc) is 2.53. The highest BCUT2D eigenvalue weighted by Gasteiger charge is 2.33. The first-order chi connectivity index (χ1) is 12.4. The van der Waals surface area contributed by atoms with E-state index >= 15 is 0 Å². The van der Waals surface area contributed by atoms with Crippen molar-refractivity contribution in [1.82, 2.24) is 4.90 Å². The van der Waals surface area contributed by atoms with Crippen LogP contribution in [0.15, 0.2) is 0 Å². The van der Waals surface area contributed by atoms with Gasteiger partial charge in [-0.3, -0.25) is 4.79 Å². The van der Waals surface area contributed by atoms with Gasteiger partial charge < -0.3 is 14.4 Å². The summed E-state index contributed by atoms with van der Waals surface area (Å²) in [6.45, 7) is 20.0. The number of hydrogen-bond acceptors (Lipinski definition) is 4. The number of esters is 1. The molecular formula is C22H43NO4. The van der Waals surface area contributed by atoms with E-state index in [1.54, 1.807) is 4.90 Å². The second-order valence-electron chi connectivity index (χ2n) is 9.34. The molecule has 5 heteroatoms. The van der Waals surface area contributed by atoms with Crippen molar-refractivity contribution in [3.8, 4) is 0 Å². The number of likely N-dealkylation sites (tertiary alicyclic amines) is 1. The van der Waals surface area contributed by atoms with Crippen LogP contribution in [0, 0.1) is 17.3 Å². The van der Waals surface area contributed by atoms with Crippen LogP contribution >= 0.6 is 0 Å². The molecule has 0 bridgehead atoms. The second-order valence-corrected chi connectivity index (χ2v) is 9.34. The van der Waals surface area contributed by atoms with Gasteiger partial charge in [-0.05, 0) is 64.2 Å². The zero-order valence-corrected chi connectivity index (χ0v) is 19.2. The van der Waals surface area contributed by atoms with Gasteiger partial charge in [0, 0.05) is 19.5 Å². The Balaban J connectivity index is 0.00000326. The number of nitrogens with zero attached hydrogens (tertiary/aromatic N) is 1. The molecule has 0 radical (unpaired) electrons. The van der Waals surface area contributed by atoms with Crippen LogP contribution in [0.25, 0.3) is 0 Å². The number of ether oxygens (including phenoxy) is 2. The first-order valence-electron chi connectivity index (χ1n) is 10.5. The van der Waals surface area contributed by atoms with Crippen molar-refractivity contribution in [2.24, 2.45) is 17.3 Å². The lowest BCUT2D eigenvalue weighted by molar-refractivity contribution is -0.145. The van der Waals surface area contributed by atoms with Gasteiger partial charge >= 0.3 is 12.1 Å². The first kappa shape index (κ1) is 25.7. The van der Waals surface area contributed by atoms with E-state index in [-0.39, 0.29) is 17.5 Å². The van der Waals surface area contributed by atoms with E-state index in [0.29, 0.717) is 38.0 Å². The number of piperidine rings is 1. The van der Waals surface area contributed by atoms with E-state index in [1.807, 2.05) is 41.5 Å². The minimum atomic E-state index is -0.466. The van der Waals surface area contributed by atoms with E-state index in [0.717, 1.165) is 19.3 Å². The summed E-state index contributed by atoms with van der Waals surface area (Å²) >= 11 is 0. The molecule has 1 saturated heterocycles. The predicted molar refractivity (Wildman–Crippen MR) is 111 cm³/mol. The normalized spacial score (nSPS) is 16.9. The molecule has 1 rings (SSSR count). The van der Waals surface area contributed by atoms with Gasteiger partial charge in [-0.15, -0.1) is 0 Å². The number of carbonyl (C=O) groups is 2. The van der Waals surface area contributed by atoms with Crippen LogP contribution in [0.1, 0.15) is 88.0 Å². The molecule has 0 aromatic carbocycles. The number of carbonyl (C=O) groups excluding carboxylic acids is 2. The predicted octanol–water partition coefficient (Wildman–Crippen LogP) is 5.67. The Labute approximate surface area is 167 Å². The largest absolute Gasteiger partial charge is 0.466 e. The highest BCUT2D eigenvalue weighted by atomic mass is 16.6. The molecule has 27 heavy (non-hydrogen) atoms. The third-order valence-electron chi connectivity index (χ3n) is 4.47. The molecule has 0 aromatic rings. The Morgan fingerprint density at radius 1 is 1.04 bits per heavy atom. The van der Waals surface area contributed by atoms with Gasteiger partial charge in [-0.2, -0.15) is 0 Å². The fourth-order valence-corrected chi connectivity index (χ4v) is 3.51. The van der Waals surface area contributed by atoms with Crippen molar-refractivity contribution < 1.29 is 19.1 Å². The minimum absolute atomic E-state index is 0.105. The van der Waals surface area contributed by atoms with Crippen molar-refractivity contribution in [3.63, 3.8) is 0 Å². The van der Waals surface area contributed by atoms with Crippen LogP contribution in [0.5, 0.6) is 0 Å². The van der Waals surface area contributed by atoms with Gasteiger partial charge in [-0.25, -0.2) is 4.79 Å². The molecule has 1 unspecified atom stereocenters. The van der Waals surface area contributed by atoms with Crippen LogP contribution < -0.4 is 0 Å². The third kappa shape index (κ3) is 11.2. The van der Waals surface area contributed by atoms with Crippen molar-refractivity contribution in [3.05, 3.63) is 0 Å². The highest BCUT2D eigenvalue weighted by molar-refractivity contribution is 5.70. The molecule has 0 aliphatic carbocycles. The molecule has 0 spiro atoms. The molecule has 5 nitrogen and oxygen atoms in total. The lowest BCUT2D eigenvalue weighted by atomic mass is 9.74. The maximum Gasteiger partial charge on any atom is 0.410 e. The first-order valence-corrected chi connectivity index (χ1v) is 10.5. The molecule has 1 fully saturated rings. The lowest BCUT2D eigenvalue weighted by Crippen LogP contribution is -2.43. The summed E-state index contributed by atoms with van der Waals surface area (Å²) in [7, 11) is 0. The Morgan fingerprint density at radius 2 is 1.56 bits per heavy atom. The summed E-state index contributed by atoms with van der Waals surface area (Å²) in [4.78, 5) is 26.0. The lowest BCUT2D eigenvalue weighted by Gasteiger charge is -2.38. The van der Waals surface area contributed by atoms with E-state index in [2.05, 4.69) is 20.8 Å². The van der Waals surface area contributed by atoms with E-state index < -0.39 is 5.60 Å². The summed E-state index contributed by atoms with van der Waals surface area (Å²) in [6.07, 6.45) is 3.06. The van der Waals surface area contributed by atoms with Crippen molar-refractivity contribution in [1.29, 1.82) is 0 Å². The van der Waals surface area contributed by atoms with Crippen LogP contribution in [0.3, 0.4) is 0 Å². The van der Waals surface area contributed by atoms with Crippen LogP contribution in [-0.4, -0.2) is 42.3 Å². The summed E-state index contributed by atoms with van der Waals surface area (Å²) in [5.41, 5.74) is -0.300. The molecule has 160 valence electrons. The SMILES string of the molecule is CC.CCOC(=O)CC(CC(C)(C)C)C1CCN(C(=O)OC(C)(C)C)CC1. The van der Waals surface area contributed by atoms with Gasteiger partial charge in [0.05, 0.1) is 6.61 Å². The van der Waals surface area contributed by atoms with E-state index in [4.69, 9.17) is 9.47 Å². The van der Waals surface area contributed by atoms with Gasteiger partial charge in [0.2, 0.25) is 0 Å². The maximum atomic E-state index is 12.2. The van der Waals surface area contributed by atoms with Crippen molar-refractivity contribution in [2.45, 2.75) is 93.6 Å². The molecule has 1 heterocycles. The van der Waals surface area contributed by atoms with E-state index in [9.17, 15) is 9.59 Å². The Kier molecular flexibility index (Phi) is 11.0. The summed E-state index contributed by atoms with van der Waals surface area (Å²) in [6, 6.07) is 0. The van der Waals surface area contributed by atoms with Crippen molar-refractivity contribution in [2.75, 3.05) is 19.7 Å². The Morgan fingerprint density at radius 3 is 1.96 bits per heavy atom. The van der Waals surface area contributed by atoms with Crippen LogP contribution in [0.2, 0.25) is 0 Å². The molecular weight excluding hydrogens is 342 g/mol. The molecule has 1 atom stereocenters. The fourth-order valence-electron chi connectivity index (χ4n) is 3.51. The summed E-state index contributed by atoms with van der Waals surface area (Å²) < 4.78 is 10.6. The minimum Gasteiger partial charge on any atom is -0.466 e. The molecule has 0 aromatic heterocycles. The second kappa shape index (κ2) is 11.6. The zero-order valence-electron chi connectivity index (χ0n) is 19.2. The number of hydrogen-bond donors (Lipinski definition) is 0. The summed E-state index contributed by atoms with van der Waals surface area (Å²) in [5, 5.41) is 0.